The van der Waals surface area contributed by atoms with Crippen LogP contribution in [0.5, 0.6) is 0 Å². The number of aliphatic hydroxyl groups excluding tert-OH is 1. The first-order valence-electron chi connectivity index (χ1n) is 5.41. The van der Waals surface area contributed by atoms with E-state index < -0.39 is 6.10 Å². The van der Waals surface area contributed by atoms with Crippen LogP contribution in [0, 0.1) is 0 Å². The van der Waals surface area contributed by atoms with Gasteiger partial charge in [-0.05, 0) is 18.4 Å². The van der Waals surface area contributed by atoms with Crippen LogP contribution in [0.3, 0.4) is 0 Å². The number of fused-ring (bicyclic) bond motifs is 3. The molecule has 5 heteroatoms. The molecule has 0 aromatic carbocycles. The number of nitrogens with one attached hydrogen (secondary N) is 1. The summed E-state index contributed by atoms with van der Waals surface area (Å²) in [5, 5.41) is 9.72. The Morgan fingerprint density at radius 2 is 2.24 bits per heavy atom. The standard InChI is InChI=1S/C12H11NO4/c1-17-8-4-7(15)11-9(12(8)16)5-2-3-6(14)10(5)13-11/h4,6,13-14H,2-3H2,1H3. The first-order valence-corrected chi connectivity index (χ1v) is 5.41. The van der Waals surface area contributed by atoms with E-state index in [4.69, 9.17) is 4.74 Å². The fraction of sp³-hybridized carbons (Fsp3) is 0.333. The third kappa shape index (κ3) is 1.23. The number of ether oxygens (including phenoxy) is 1. The van der Waals surface area contributed by atoms with Crippen LogP contribution in [0.2, 0.25) is 0 Å². The molecule has 0 fully saturated rings. The summed E-state index contributed by atoms with van der Waals surface area (Å²) in [4.78, 5) is 26.7. The molecule has 1 heterocycles. The summed E-state index contributed by atoms with van der Waals surface area (Å²) in [5.41, 5.74) is 2.01. The van der Waals surface area contributed by atoms with Gasteiger partial charge < -0.3 is 14.8 Å². The first-order chi connectivity index (χ1) is 8.13. The van der Waals surface area contributed by atoms with E-state index in [1.165, 1.54) is 13.2 Å². The van der Waals surface area contributed by atoms with Gasteiger partial charge >= 0.3 is 0 Å². The molecule has 88 valence electrons. The van der Waals surface area contributed by atoms with Gasteiger partial charge in [0.25, 0.3) is 0 Å². The van der Waals surface area contributed by atoms with Crippen LogP contribution in [-0.4, -0.2) is 28.8 Å². The molecular formula is C12H11NO4. The van der Waals surface area contributed by atoms with Gasteiger partial charge in [-0.15, -0.1) is 0 Å². The number of hydrogen-bond acceptors (Lipinski definition) is 4. The molecule has 0 radical (unpaired) electrons. The molecule has 0 saturated heterocycles. The summed E-state index contributed by atoms with van der Waals surface area (Å²) in [6.07, 6.45) is 1.77. The van der Waals surface area contributed by atoms with Gasteiger partial charge in [0.05, 0.1) is 24.5 Å². The molecule has 1 aromatic rings. The Hall–Kier alpha value is -1.88. The number of carbonyl (C=O) groups is 2. The zero-order chi connectivity index (χ0) is 12.2. The Balaban J connectivity index is 2.21. The zero-order valence-corrected chi connectivity index (χ0v) is 9.24. The number of H-pyrrole nitrogens is 1. The van der Waals surface area contributed by atoms with Crippen LogP contribution >= 0.6 is 0 Å². The maximum Gasteiger partial charge on any atom is 0.230 e. The zero-order valence-electron chi connectivity index (χ0n) is 9.24. The molecule has 0 spiro atoms. The number of aliphatic hydroxyl groups is 1. The van der Waals surface area contributed by atoms with Crippen LogP contribution in [0.25, 0.3) is 0 Å². The highest BCUT2D eigenvalue weighted by molar-refractivity contribution is 6.24. The van der Waals surface area contributed by atoms with Crippen molar-refractivity contribution in [2.24, 2.45) is 0 Å². The number of ketones is 2. The number of carbonyl (C=O) groups excluding carboxylic acids is 2. The van der Waals surface area contributed by atoms with E-state index in [-0.39, 0.29) is 23.0 Å². The summed E-state index contributed by atoms with van der Waals surface area (Å²) in [6.45, 7) is 0. The topological polar surface area (TPSA) is 79.4 Å². The fourth-order valence-corrected chi connectivity index (χ4v) is 2.49. The molecule has 17 heavy (non-hydrogen) atoms. The van der Waals surface area contributed by atoms with Gasteiger partial charge in [-0.25, -0.2) is 0 Å². The van der Waals surface area contributed by atoms with Crippen molar-refractivity contribution in [3.8, 4) is 0 Å². The van der Waals surface area contributed by atoms with Crippen molar-refractivity contribution in [3.05, 3.63) is 34.3 Å². The summed E-state index contributed by atoms with van der Waals surface area (Å²) >= 11 is 0. The molecule has 5 nitrogen and oxygen atoms in total. The van der Waals surface area contributed by atoms with E-state index in [1.54, 1.807) is 0 Å². The lowest BCUT2D eigenvalue weighted by Crippen LogP contribution is -2.18. The summed E-state index contributed by atoms with van der Waals surface area (Å²) in [6, 6.07) is 0. The highest BCUT2D eigenvalue weighted by Gasteiger charge is 2.36. The lowest BCUT2D eigenvalue weighted by atomic mass is 9.96. The van der Waals surface area contributed by atoms with Gasteiger partial charge in [-0.3, -0.25) is 9.59 Å². The number of methoxy groups -OCH3 is 1. The fourth-order valence-electron chi connectivity index (χ4n) is 2.49. The number of hydrogen-bond donors (Lipinski definition) is 2. The third-order valence-corrected chi connectivity index (χ3v) is 3.32. The summed E-state index contributed by atoms with van der Waals surface area (Å²) in [7, 11) is 1.36. The van der Waals surface area contributed by atoms with Crippen LogP contribution in [0.4, 0.5) is 0 Å². The summed E-state index contributed by atoms with van der Waals surface area (Å²) < 4.78 is 4.90. The molecule has 3 rings (SSSR count). The normalized spacial score (nSPS) is 22.2. The molecule has 2 N–H and O–H groups in total. The lowest BCUT2D eigenvalue weighted by molar-refractivity contribution is 0.0914. The summed E-state index contributed by atoms with van der Waals surface area (Å²) in [5.74, 6) is -0.502. The molecule has 2 aliphatic carbocycles. The molecule has 1 atom stereocenters. The van der Waals surface area contributed by atoms with Crippen molar-refractivity contribution in [3.63, 3.8) is 0 Å². The quantitative estimate of drug-likeness (QED) is 0.755. The average molecular weight is 233 g/mol. The Labute approximate surface area is 97.1 Å². The van der Waals surface area contributed by atoms with Crippen LogP contribution in [0.1, 0.15) is 44.6 Å². The molecule has 0 saturated carbocycles. The van der Waals surface area contributed by atoms with Gasteiger partial charge in [-0.1, -0.05) is 0 Å². The van der Waals surface area contributed by atoms with Gasteiger partial charge in [-0.2, -0.15) is 0 Å². The third-order valence-electron chi connectivity index (χ3n) is 3.32. The van der Waals surface area contributed by atoms with E-state index in [0.717, 1.165) is 5.56 Å². The van der Waals surface area contributed by atoms with Crippen molar-refractivity contribution in [2.75, 3.05) is 7.11 Å². The predicted molar refractivity (Wildman–Crippen MR) is 57.8 cm³/mol. The molecule has 2 aliphatic rings. The van der Waals surface area contributed by atoms with Crippen molar-refractivity contribution >= 4 is 11.6 Å². The van der Waals surface area contributed by atoms with Crippen molar-refractivity contribution in [1.82, 2.24) is 4.98 Å². The molecule has 1 unspecified atom stereocenters. The number of allylic oxidation sites excluding steroid dienone is 2. The highest BCUT2D eigenvalue weighted by atomic mass is 16.5. The number of Topliss-reactive ketones (excluding diaryl/α,β-unsaturated/α-hetero) is 1. The van der Waals surface area contributed by atoms with Gasteiger partial charge in [0.15, 0.2) is 5.76 Å². The second kappa shape index (κ2) is 3.30. The second-order valence-electron chi connectivity index (χ2n) is 4.23. The molecule has 1 aromatic heterocycles. The Kier molecular flexibility index (Phi) is 2.00. The lowest BCUT2D eigenvalue weighted by Gasteiger charge is -2.11. The largest absolute Gasteiger partial charge is 0.492 e. The minimum absolute atomic E-state index is 0.0608. The SMILES string of the molecule is COC1=CC(=O)c2[nH]c3c(c2C1=O)CCC3O. The minimum Gasteiger partial charge on any atom is -0.492 e. The number of aromatic amines is 1. The highest BCUT2D eigenvalue weighted by Crippen LogP contribution is 2.37. The van der Waals surface area contributed by atoms with E-state index in [9.17, 15) is 14.7 Å². The first kappa shape index (κ1) is 10.3. The van der Waals surface area contributed by atoms with E-state index in [2.05, 4.69) is 4.98 Å². The Bertz CT molecular complexity index is 567. The van der Waals surface area contributed by atoms with E-state index >= 15 is 0 Å². The Morgan fingerprint density at radius 3 is 2.94 bits per heavy atom. The predicted octanol–water partition coefficient (Wildman–Crippen LogP) is 0.904. The van der Waals surface area contributed by atoms with Crippen LogP contribution < -0.4 is 0 Å². The number of rotatable bonds is 1. The van der Waals surface area contributed by atoms with Crippen molar-refractivity contribution < 1.29 is 19.4 Å². The maximum absolute atomic E-state index is 12.1. The molecule has 0 bridgehead atoms. The molecule has 0 aliphatic heterocycles. The van der Waals surface area contributed by atoms with Crippen LogP contribution in [-0.2, 0) is 11.2 Å². The average Bonchev–Trinajstić information content (AvgIpc) is 2.85. The maximum atomic E-state index is 12.1. The van der Waals surface area contributed by atoms with E-state index in [1.807, 2.05) is 0 Å². The van der Waals surface area contributed by atoms with Crippen molar-refractivity contribution in [2.45, 2.75) is 18.9 Å². The molecule has 0 amide bonds. The smallest absolute Gasteiger partial charge is 0.230 e. The Morgan fingerprint density at radius 1 is 1.47 bits per heavy atom. The van der Waals surface area contributed by atoms with E-state index in [0.29, 0.717) is 24.1 Å². The van der Waals surface area contributed by atoms with Gasteiger partial charge in [0.1, 0.15) is 0 Å². The second-order valence-corrected chi connectivity index (χ2v) is 4.23. The number of aromatic nitrogens is 1. The van der Waals surface area contributed by atoms with Crippen LogP contribution in [0.15, 0.2) is 11.8 Å². The molecular weight excluding hydrogens is 222 g/mol. The van der Waals surface area contributed by atoms with Crippen molar-refractivity contribution in [1.29, 1.82) is 0 Å². The minimum atomic E-state index is -0.609. The van der Waals surface area contributed by atoms with Gasteiger partial charge in [0, 0.05) is 11.8 Å². The van der Waals surface area contributed by atoms with Gasteiger partial charge in [0.2, 0.25) is 11.6 Å². The monoisotopic (exact) mass is 233 g/mol.